The van der Waals surface area contributed by atoms with E-state index in [9.17, 15) is 0 Å². The van der Waals surface area contributed by atoms with Crippen LogP contribution in [0.4, 0.5) is 0 Å². The van der Waals surface area contributed by atoms with Gasteiger partial charge < -0.3 is 5.32 Å². The van der Waals surface area contributed by atoms with E-state index < -0.39 is 0 Å². The summed E-state index contributed by atoms with van der Waals surface area (Å²) >= 11 is 2.02. The molecule has 2 aliphatic carbocycles. The topological polar surface area (TPSA) is 12.0 Å². The number of rotatable bonds is 4. The van der Waals surface area contributed by atoms with Crippen molar-refractivity contribution >= 4 is 11.8 Å². The minimum Gasteiger partial charge on any atom is -0.306 e. The van der Waals surface area contributed by atoms with Gasteiger partial charge in [-0.2, -0.15) is 0 Å². The number of nitrogens with one attached hydrogen (secondary N) is 1. The second kappa shape index (κ2) is 4.03. The minimum absolute atomic E-state index is 0.613. The number of hydrogen-bond acceptors (Lipinski definition) is 2. The predicted molar refractivity (Wildman–Crippen MR) is 72.3 cm³/mol. The molecule has 1 N–H and O–H groups in total. The van der Waals surface area contributed by atoms with Gasteiger partial charge in [0.25, 0.3) is 0 Å². The van der Waals surface area contributed by atoms with Gasteiger partial charge >= 0.3 is 0 Å². The summed E-state index contributed by atoms with van der Waals surface area (Å²) in [5.41, 5.74) is 1.55. The van der Waals surface area contributed by atoms with Crippen LogP contribution >= 0.6 is 11.8 Å². The van der Waals surface area contributed by atoms with Crippen LogP contribution in [0.25, 0.3) is 0 Å². The molecule has 3 aliphatic rings. The third-order valence-electron chi connectivity index (χ3n) is 4.35. The molecule has 2 fully saturated rings. The Bertz CT molecular complexity index is 411. The first kappa shape index (κ1) is 10.5. The Labute approximate surface area is 107 Å². The Morgan fingerprint density at radius 2 is 1.76 bits per heavy atom. The molecular formula is C15H19NS. The van der Waals surface area contributed by atoms with Crippen molar-refractivity contribution in [3.8, 4) is 0 Å². The van der Waals surface area contributed by atoms with Crippen LogP contribution in [0.1, 0.15) is 37.3 Å². The molecule has 1 unspecified atom stereocenters. The highest BCUT2D eigenvalue weighted by atomic mass is 32.2. The Hall–Kier alpha value is -0.470. The quantitative estimate of drug-likeness (QED) is 0.869. The van der Waals surface area contributed by atoms with Crippen molar-refractivity contribution in [3.63, 3.8) is 0 Å². The van der Waals surface area contributed by atoms with E-state index in [-0.39, 0.29) is 0 Å². The van der Waals surface area contributed by atoms with E-state index >= 15 is 0 Å². The summed E-state index contributed by atoms with van der Waals surface area (Å²) in [7, 11) is 0. The number of benzene rings is 1. The number of thioether (sulfide) groups is 1. The maximum Gasteiger partial charge on any atom is 0.0428 e. The van der Waals surface area contributed by atoms with Gasteiger partial charge in [0.15, 0.2) is 0 Å². The van der Waals surface area contributed by atoms with Gasteiger partial charge in [-0.05, 0) is 49.1 Å². The van der Waals surface area contributed by atoms with Gasteiger partial charge in [0.2, 0.25) is 0 Å². The van der Waals surface area contributed by atoms with Crippen LogP contribution in [0.15, 0.2) is 29.2 Å². The number of fused-ring (bicyclic) bond motifs is 1. The summed E-state index contributed by atoms with van der Waals surface area (Å²) in [6, 6.07) is 10.4. The van der Waals surface area contributed by atoms with Crippen LogP contribution in [0, 0.1) is 11.8 Å². The summed E-state index contributed by atoms with van der Waals surface area (Å²) in [6.07, 6.45) is 5.87. The maximum absolute atomic E-state index is 3.98. The van der Waals surface area contributed by atoms with Crippen LogP contribution in [-0.4, -0.2) is 11.8 Å². The molecule has 1 aromatic rings. The molecule has 0 saturated heterocycles. The lowest BCUT2D eigenvalue weighted by atomic mass is 10.0. The summed E-state index contributed by atoms with van der Waals surface area (Å²) in [5, 5.41) is 3.98. The Kier molecular flexibility index (Phi) is 2.48. The van der Waals surface area contributed by atoms with Crippen LogP contribution in [-0.2, 0) is 0 Å². The standard InChI is InChI=1S/C15H19NS/c1-2-4-14-12(3-1)13(9-17-14)16-15(10-5-6-10)11-7-8-11/h1-4,10-11,13,15-16H,5-9H2. The van der Waals surface area contributed by atoms with E-state index in [2.05, 4.69) is 29.6 Å². The number of hydrogen-bond donors (Lipinski definition) is 1. The molecular weight excluding hydrogens is 226 g/mol. The van der Waals surface area contributed by atoms with Gasteiger partial charge in [-0.3, -0.25) is 0 Å². The van der Waals surface area contributed by atoms with E-state index in [1.54, 1.807) is 5.56 Å². The second-order valence-corrected chi connectivity index (χ2v) is 6.83. The van der Waals surface area contributed by atoms with Gasteiger partial charge in [0.05, 0.1) is 0 Å². The van der Waals surface area contributed by atoms with Crippen molar-refractivity contribution < 1.29 is 0 Å². The Balaban J connectivity index is 1.52. The monoisotopic (exact) mass is 245 g/mol. The molecule has 4 rings (SSSR count). The van der Waals surface area contributed by atoms with Crippen LogP contribution in [0.2, 0.25) is 0 Å². The van der Waals surface area contributed by atoms with Crippen molar-refractivity contribution in [3.05, 3.63) is 29.8 Å². The van der Waals surface area contributed by atoms with Gasteiger partial charge in [0.1, 0.15) is 0 Å². The molecule has 1 atom stereocenters. The van der Waals surface area contributed by atoms with Gasteiger partial charge in [-0.15, -0.1) is 11.8 Å². The summed E-state index contributed by atoms with van der Waals surface area (Å²) in [4.78, 5) is 1.50. The van der Waals surface area contributed by atoms with Crippen molar-refractivity contribution in [2.24, 2.45) is 11.8 Å². The third kappa shape index (κ3) is 2.02. The fourth-order valence-corrected chi connectivity index (χ4v) is 4.27. The van der Waals surface area contributed by atoms with E-state index in [0.29, 0.717) is 6.04 Å². The first-order chi connectivity index (χ1) is 8.42. The van der Waals surface area contributed by atoms with Crippen LogP contribution < -0.4 is 5.32 Å². The van der Waals surface area contributed by atoms with Crippen LogP contribution in [0.3, 0.4) is 0 Å². The third-order valence-corrected chi connectivity index (χ3v) is 5.54. The summed E-state index contributed by atoms with van der Waals surface area (Å²) < 4.78 is 0. The predicted octanol–water partition coefficient (Wildman–Crippen LogP) is 3.61. The molecule has 0 bridgehead atoms. The molecule has 0 radical (unpaired) electrons. The molecule has 1 aromatic carbocycles. The van der Waals surface area contributed by atoms with E-state index in [0.717, 1.165) is 17.9 Å². The van der Waals surface area contributed by atoms with Crippen molar-refractivity contribution in [2.75, 3.05) is 5.75 Å². The zero-order valence-electron chi connectivity index (χ0n) is 10.1. The molecule has 0 spiro atoms. The smallest absolute Gasteiger partial charge is 0.0428 e. The zero-order valence-corrected chi connectivity index (χ0v) is 10.9. The molecule has 2 saturated carbocycles. The van der Waals surface area contributed by atoms with Crippen molar-refractivity contribution in [1.82, 2.24) is 5.32 Å². The Morgan fingerprint density at radius 1 is 1.06 bits per heavy atom. The zero-order chi connectivity index (χ0) is 11.2. The second-order valence-electron chi connectivity index (χ2n) is 5.77. The fraction of sp³-hybridized carbons (Fsp3) is 0.600. The van der Waals surface area contributed by atoms with Crippen molar-refractivity contribution in [2.45, 2.75) is 42.7 Å². The average Bonchev–Trinajstić information content (AvgIpc) is 3.25. The normalized spacial score (nSPS) is 27.5. The lowest BCUT2D eigenvalue weighted by molar-refractivity contribution is 0.381. The van der Waals surface area contributed by atoms with E-state index in [1.165, 1.54) is 36.3 Å². The lowest BCUT2D eigenvalue weighted by Gasteiger charge is -2.23. The highest BCUT2D eigenvalue weighted by Gasteiger charge is 2.42. The molecule has 0 aromatic heterocycles. The first-order valence-electron chi connectivity index (χ1n) is 6.89. The molecule has 0 amide bonds. The molecule has 17 heavy (non-hydrogen) atoms. The maximum atomic E-state index is 3.98. The molecule has 90 valence electrons. The Morgan fingerprint density at radius 3 is 2.47 bits per heavy atom. The summed E-state index contributed by atoms with van der Waals surface area (Å²) in [6.45, 7) is 0. The molecule has 1 aliphatic heterocycles. The van der Waals surface area contributed by atoms with E-state index in [1.807, 2.05) is 11.8 Å². The van der Waals surface area contributed by atoms with Crippen molar-refractivity contribution in [1.29, 1.82) is 0 Å². The van der Waals surface area contributed by atoms with E-state index in [4.69, 9.17) is 0 Å². The minimum atomic E-state index is 0.613. The lowest BCUT2D eigenvalue weighted by Crippen LogP contribution is -2.36. The highest BCUT2D eigenvalue weighted by molar-refractivity contribution is 7.99. The SMILES string of the molecule is c1ccc2c(c1)SCC2NC(C1CC1)C1CC1. The van der Waals surface area contributed by atoms with Gasteiger partial charge in [0, 0.05) is 22.7 Å². The van der Waals surface area contributed by atoms with Gasteiger partial charge in [-0.25, -0.2) is 0 Å². The first-order valence-corrected chi connectivity index (χ1v) is 7.88. The fourth-order valence-electron chi connectivity index (χ4n) is 3.10. The molecule has 1 nitrogen and oxygen atoms in total. The van der Waals surface area contributed by atoms with Gasteiger partial charge in [-0.1, -0.05) is 18.2 Å². The highest BCUT2D eigenvalue weighted by Crippen LogP contribution is 2.47. The van der Waals surface area contributed by atoms with Crippen LogP contribution in [0.5, 0.6) is 0 Å². The molecule has 2 heteroatoms. The summed E-state index contributed by atoms with van der Waals surface area (Å²) in [5.74, 6) is 3.23. The molecule has 1 heterocycles. The average molecular weight is 245 g/mol. The largest absolute Gasteiger partial charge is 0.306 e.